The van der Waals surface area contributed by atoms with Crippen molar-refractivity contribution in [3.05, 3.63) is 12.2 Å². The van der Waals surface area contributed by atoms with Crippen LogP contribution in [0.3, 0.4) is 0 Å². The molecule has 0 saturated heterocycles. The smallest absolute Gasteiger partial charge is 0.306 e. The molecule has 0 spiro atoms. The Morgan fingerprint density at radius 1 is 0.900 bits per heavy atom. The standard InChI is InChI=1S/C18H34O2/c1-3-4-5-6-7-8-9-10-11-12-13-14-15-16-17(2)18(19)20/h11-12,17H,3-10,13-16H2,1-2H3,(H,19,20). The number of carboxylic acids is 1. The van der Waals surface area contributed by atoms with E-state index in [1.54, 1.807) is 6.92 Å². The van der Waals surface area contributed by atoms with Gasteiger partial charge in [-0.1, -0.05) is 70.9 Å². The zero-order valence-electron chi connectivity index (χ0n) is 13.6. The Kier molecular flexibility index (Phi) is 14.0. The van der Waals surface area contributed by atoms with Gasteiger partial charge in [0.1, 0.15) is 0 Å². The second kappa shape index (κ2) is 14.6. The summed E-state index contributed by atoms with van der Waals surface area (Å²) in [5.41, 5.74) is 0. The van der Waals surface area contributed by atoms with Crippen molar-refractivity contribution in [3.8, 4) is 0 Å². The van der Waals surface area contributed by atoms with E-state index < -0.39 is 5.97 Å². The zero-order valence-corrected chi connectivity index (χ0v) is 13.6. The summed E-state index contributed by atoms with van der Waals surface area (Å²) in [5.74, 6) is -0.855. The third-order valence-electron chi connectivity index (χ3n) is 3.82. The first kappa shape index (κ1) is 19.2. The molecule has 1 atom stereocenters. The highest BCUT2D eigenvalue weighted by Gasteiger charge is 2.08. The monoisotopic (exact) mass is 282 g/mol. The van der Waals surface area contributed by atoms with Crippen LogP contribution in [-0.4, -0.2) is 11.1 Å². The van der Waals surface area contributed by atoms with Crippen LogP contribution in [-0.2, 0) is 4.79 Å². The third kappa shape index (κ3) is 13.6. The third-order valence-corrected chi connectivity index (χ3v) is 3.82. The van der Waals surface area contributed by atoms with Gasteiger partial charge in [-0.25, -0.2) is 0 Å². The fraction of sp³-hybridized carbons (Fsp3) is 0.833. The molecule has 0 radical (unpaired) electrons. The zero-order chi connectivity index (χ0) is 15.1. The Morgan fingerprint density at radius 3 is 1.95 bits per heavy atom. The van der Waals surface area contributed by atoms with Gasteiger partial charge in [0, 0.05) is 0 Å². The van der Waals surface area contributed by atoms with E-state index in [1.165, 1.54) is 51.4 Å². The van der Waals surface area contributed by atoms with E-state index in [9.17, 15) is 4.79 Å². The van der Waals surface area contributed by atoms with Crippen LogP contribution in [0.25, 0.3) is 0 Å². The fourth-order valence-electron chi connectivity index (χ4n) is 2.29. The second-order valence-electron chi connectivity index (χ2n) is 5.91. The van der Waals surface area contributed by atoms with Crippen LogP contribution in [0.1, 0.15) is 90.9 Å². The first-order valence-electron chi connectivity index (χ1n) is 8.56. The fourth-order valence-corrected chi connectivity index (χ4v) is 2.29. The van der Waals surface area contributed by atoms with Crippen molar-refractivity contribution in [1.29, 1.82) is 0 Å². The van der Waals surface area contributed by atoms with E-state index in [0.29, 0.717) is 0 Å². The molecule has 0 heterocycles. The van der Waals surface area contributed by atoms with Gasteiger partial charge in [0.05, 0.1) is 5.92 Å². The number of carbonyl (C=O) groups is 1. The van der Waals surface area contributed by atoms with Crippen LogP contribution >= 0.6 is 0 Å². The topological polar surface area (TPSA) is 37.3 Å². The van der Waals surface area contributed by atoms with E-state index in [4.69, 9.17) is 5.11 Å². The molecule has 2 nitrogen and oxygen atoms in total. The van der Waals surface area contributed by atoms with Gasteiger partial charge in [0.2, 0.25) is 0 Å². The maximum absolute atomic E-state index is 10.6. The lowest BCUT2D eigenvalue weighted by atomic mass is 10.0. The molecule has 0 bridgehead atoms. The molecule has 1 N–H and O–H groups in total. The summed E-state index contributed by atoms with van der Waals surface area (Å²) in [6, 6.07) is 0. The van der Waals surface area contributed by atoms with Crippen LogP contribution in [0.4, 0.5) is 0 Å². The first-order valence-corrected chi connectivity index (χ1v) is 8.56. The Labute approximate surface area is 125 Å². The Balaban J connectivity index is 3.18. The average Bonchev–Trinajstić information content (AvgIpc) is 2.43. The van der Waals surface area contributed by atoms with Gasteiger partial charge in [0.25, 0.3) is 0 Å². The summed E-state index contributed by atoms with van der Waals surface area (Å²) in [4.78, 5) is 10.6. The summed E-state index contributed by atoms with van der Waals surface area (Å²) >= 11 is 0. The molecule has 0 aromatic rings. The molecule has 0 saturated carbocycles. The molecule has 0 aliphatic heterocycles. The number of hydrogen-bond donors (Lipinski definition) is 1. The summed E-state index contributed by atoms with van der Waals surface area (Å²) < 4.78 is 0. The molecule has 0 aromatic heterocycles. The lowest BCUT2D eigenvalue weighted by molar-refractivity contribution is -0.141. The summed E-state index contributed by atoms with van der Waals surface area (Å²) in [7, 11) is 0. The number of unbranched alkanes of at least 4 members (excludes halogenated alkanes) is 9. The largest absolute Gasteiger partial charge is 0.481 e. The molecule has 20 heavy (non-hydrogen) atoms. The van der Waals surface area contributed by atoms with Gasteiger partial charge < -0.3 is 5.11 Å². The van der Waals surface area contributed by atoms with E-state index in [1.807, 2.05) is 0 Å². The minimum atomic E-state index is -0.667. The van der Waals surface area contributed by atoms with Crippen molar-refractivity contribution >= 4 is 5.97 Å². The molecular formula is C18H34O2. The van der Waals surface area contributed by atoms with Crippen LogP contribution in [0.5, 0.6) is 0 Å². The molecule has 0 rings (SSSR count). The van der Waals surface area contributed by atoms with Crippen LogP contribution in [0.15, 0.2) is 12.2 Å². The molecular weight excluding hydrogens is 248 g/mol. The quantitative estimate of drug-likeness (QED) is 0.315. The van der Waals surface area contributed by atoms with Crippen molar-refractivity contribution in [2.75, 3.05) is 0 Å². The lowest BCUT2D eigenvalue weighted by Crippen LogP contribution is -2.08. The van der Waals surface area contributed by atoms with Gasteiger partial charge in [-0.2, -0.15) is 0 Å². The number of hydrogen-bond acceptors (Lipinski definition) is 1. The predicted octanol–water partition coefficient (Wildman–Crippen LogP) is 5.96. The molecule has 0 amide bonds. The molecule has 0 aliphatic rings. The number of carboxylic acid groups (broad SMARTS) is 1. The maximum Gasteiger partial charge on any atom is 0.306 e. The highest BCUT2D eigenvalue weighted by atomic mass is 16.4. The average molecular weight is 282 g/mol. The molecule has 118 valence electrons. The molecule has 2 heteroatoms. The summed E-state index contributed by atoms with van der Waals surface area (Å²) in [6.45, 7) is 4.05. The van der Waals surface area contributed by atoms with Gasteiger partial charge in [0.15, 0.2) is 0 Å². The van der Waals surface area contributed by atoms with E-state index in [-0.39, 0.29) is 5.92 Å². The maximum atomic E-state index is 10.6. The van der Waals surface area contributed by atoms with E-state index in [2.05, 4.69) is 19.1 Å². The minimum absolute atomic E-state index is 0.188. The highest BCUT2D eigenvalue weighted by Crippen LogP contribution is 2.11. The van der Waals surface area contributed by atoms with Crippen LogP contribution in [0.2, 0.25) is 0 Å². The van der Waals surface area contributed by atoms with Crippen molar-refractivity contribution in [2.45, 2.75) is 90.9 Å². The van der Waals surface area contributed by atoms with E-state index in [0.717, 1.165) is 25.7 Å². The van der Waals surface area contributed by atoms with Gasteiger partial charge in [-0.3, -0.25) is 4.79 Å². The number of rotatable bonds is 14. The summed E-state index contributed by atoms with van der Waals surface area (Å²) in [6.07, 6.45) is 19.4. The van der Waals surface area contributed by atoms with Gasteiger partial charge in [-0.15, -0.1) is 0 Å². The number of aliphatic carboxylic acids is 1. The van der Waals surface area contributed by atoms with Crippen molar-refractivity contribution < 1.29 is 9.90 Å². The molecule has 1 unspecified atom stereocenters. The second-order valence-corrected chi connectivity index (χ2v) is 5.91. The van der Waals surface area contributed by atoms with Crippen LogP contribution < -0.4 is 0 Å². The Bertz CT molecular complexity index is 246. The Morgan fingerprint density at radius 2 is 1.40 bits per heavy atom. The van der Waals surface area contributed by atoms with Gasteiger partial charge >= 0.3 is 5.97 Å². The number of allylic oxidation sites excluding steroid dienone is 2. The Hall–Kier alpha value is -0.790. The van der Waals surface area contributed by atoms with Gasteiger partial charge in [-0.05, 0) is 32.1 Å². The van der Waals surface area contributed by atoms with Crippen molar-refractivity contribution in [3.63, 3.8) is 0 Å². The normalized spacial score (nSPS) is 12.9. The van der Waals surface area contributed by atoms with E-state index >= 15 is 0 Å². The van der Waals surface area contributed by atoms with Crippen LogP contribution in [0, 0.1) is 5.92 Å². The minimum Gasteiger partial charge on any atom is -0.481 e. The lowest BCUT2D eigenvalue weighted by Gasteiger charge is -2.03. The van der Waals surface area contributed by atoms with Crippen molar-refractivity contribution in [2.24, 2.45) is 5.92 Å². The summed E-state index contributed by atoms with van der Waals surface area (Å²) in [5, 5.41) is 8.76. The predicted molar refractivity (Wildman–Crippen MR) is 87.0 cm³/mol. The highest BCUT2D eigenvalue weighted by molar-refractivity contribution is 5.69. The SMILES string of the molecule is CCCCCCCCCC=CCCCCC(C)C(=O)O. The first-order chi connectivity index (χ1) is 9.68. The molecule has 0 aromatic carbocycles. The molecule has 0 aliphatic carbocycles. The molecule has 0 fully saturated rings. The van der Waals surface area contributed by atoms with Crippen molar-refractivity contribution in [1.82, 2.24) is 0 Å².